The summed E-state index contributed by atoms with van der Waals surface area (Å²) in [4.78, 5) is 0. The van der Waals surface area contributed by atoms with Gasteiger partial charge in [0.05, 0.1) is 0 Å². The molecule has 0 unspecified atom stereocenters. The van der Waals surface area contributed by atoms with Crippen LogP contribution in [0.25, 0.3) is 0 Å². The van der Waals surface area contributed by atoms with E-state index in [0.717, 1.165) is 0 Å². The zero-order valence-corrected chi connectivity index (χ0v) is 10.6. The molecule has 0 heterocycles. The van der Waals surface area contributed by atoms with Crippen LogP contribution in [0.5, 0.6) is 0 Å². The van der Waals surface area contributed by atoms with Gasteiger partial charge in [0.1, 0.15) is 0 Å². The predicted molar refractivity (Wildman–Crippen MR) is 49.8 cm³/mol. The van der Waals surface area contributed by atoms with Crippen molar-refractivity contribution in [1.82, 2.24) is 0 Å². The van der Waals surface area contributed by atoms with Crippen molar-refractivity contribution >= 4 is 23.9 Å². The van der Waals surface area contributed by atoms with E-state index in [2.05, 4.69) is 0 Å². The Kier molecular flexibility index (Phi) is 13.3. The normalized spacial score (nSPS) is 6.67. The zero-order valence-electron chi connectivity index (χ0n) is 6.63. The van der Waals surface area contributed by atoms with E-state index in [4.69, 9.17) is 0 Å². The summed E-state index contributed by atoms with van der Waals surface area (Å²) in [5.74, 6) is 0. The van der Waals surface area contributed by atoms with Crippen molar-refractivity contribution < 1.29 is 17.1 Å². The molecule has 0 spiro atoms. The number of rotatable bonds is 0. The van der Waals surface area contributed by atoms with Crippen LogP contribution in [0, 0.1) is 0 Å². The molecule has 4 radical (unpaired) electrons. The SMILES string of the molecule is [Fe+2].[Sn].c1cc[cH-]c1.c1cc[cH-]c1. The molecule has 0 aliphatic rings. The van der Waals surface area contributed by atoms with E-state index in [1.165, 1.54) is 0 Å². The summed E-state index contributed by atoms with van der Waals surface area (Å²) in [6, 6.07) is 20.0. The Morgan fingerprint density at radius 1 is 0.583 bits per heavy atom. The van der Waals surface area contributed by atoms with Crippen molar-refractivity contribution in [1.29, 1.82) is 0 Å². The second-order valence-corrected chi connectivity index (χ2v) is 1.92. The molecule has 0 aromatic heterocycles. The Morgan fingerprint density at radius 3 is 0.917 bits per heavy atom. The predicted octanol–water partition coefficient (Wildman–Crippen LogP) is 2.43. The molecular formula is C10H10FeSn. The van der Waals surface area contributed by atoms with Crippen molar-refractivity contribution in [2.75, 3.05) is 0 Å². The van der Waals surface area contributed by atoms with Crippen molar-refractivity contribution in [2.24, 2.45) is 0 Å². The van der Waals surface area contributed by atoms with Gasteiger partial charge in [-0.05, 0) is 0 Å². The summed E-state index contributed by atoms with van der Waals surface area (Å²) in [5, 5.41) is 0. The second kappa shape index (κ2) is 11.0. The molecule has 0 bridgehead atoms. The van der Waals surface area contributed by atoms with E-state index in [1.54, 1.807) is 0 Å². The van der Waals surface area contributed by atoms with Gasteiger partial charge in [-0.1, -0.05) is 0 Å². The number of hydrogen-bond donors (Lipinski definition) is 0. The standard InChI is InChI=1S/2C5H5.Fe.Sn/c2*1-2-4-5-3-1;;/h2*1-5H;;/q2*-1;+2;. The van der Waals surface area contributed by atoms with E-state index in [9.17, 15) is 0 Å². The van der Waals surface area contributed by atoms with E-state index in [-0.39, 0.29) is 41.0 Å². The average Bonchev–Trinajstić information content (AvgIpc) is 2.67. The van der Waals surface area contributed by atoms with Gasteiger partial charge in [-0.3, -0.25) is 0 Å². The minimum atomic E-state index is 0. The fourth-order valence-corrected chi connectivity index (χ4v) is 0.642. The molecule has 12 heavy (non-hydrogen) atoms. The molecule has 0 aliphatic carbocycles. The van der Waals surface area contributed by atoms with Gasteiger partial charge in [-0.2, -0.15) is 36.4 Å². The molecule has 2 aromatic rings. The van der Waals surface area contributed by atoms with E-state index in [0.29, 0.717) is 0 Å². The largest absolute Gasteiger partial charge is 2.00 e. The Balaban J connectivity index is 0. The first-order valence-corrected chi connectivity index (χ1v) is 3.33. The summed E-state index contributed by atoms with van der Waals surface area (Å²) in [6.07, 6.45) is 0. The van der Waals surface area contributed by atoms with Crippen LogP contribution in [0.2, 0.25) is 0 Å². The van der Waals surface area contributed by atoms with Gasteiger partial charge in [0, 0.05) is 23.9 Å². The fourth-order valence-electron chi connectivity index (χ4n) is 0.642. The second-order valence-electron chi connectivity index (χ2n) is 1.92. The minimum absolute atomic E-state index is 0. The van der Waals surface area contributed by atoms with Crippen LogP contribution in [0.15, 0.2) is 60.7 Å². The molecule has 0 amide bonds. The first kappa shape index (κ1) is 14.5. The Labute approximate surface area is 101 Å². The van der Waals surface area contributed by atoms with Crippen LogP contribution in [0.4, 0.5) is 0 Å². The van der Waals surface area contributed by atoms with Gasteiger partial charge in [0.2, 0.25) is 0 Å². The van der Waals surface area contributed by atoms with Gasteiger partial charge >= 0.3 is 17.1 Å². The molecule has 2 rings (SSSR count). The zero-order chi connectivity index (χ0) is 7.07. The van der Waals surface area contributed by atoms with Crippen molar-refractivity contribution in [3.8, 4) is 0 Å². The maximum Gasteiger partial charge on any atom is 2.00 e. The van der Waals surface area contributed by atoms with Crippen LogP contribution >= 0.6 is 0 Å². The summed E-state index contributed by atoms with van der Waals surface area (Å²) in [5.41, 5.74) is 0. The Bertz CT molecular complexity index is 149. The Morgan fingerprint density at radius 2 is 0.833 bits per heavy atom. The van der Waals surface area contributed by atoms with Crippen LogP contribution in [-0.2, 0) is 17.1 Å². The molecule has 0 saturated heterocycles. The quantitative estimate of drug-likeness (QED) is 0.518. The van der Waals surface area contributed by atoms with Crippen molar-refractivity contribution in [2.45, 2.75) is 0 Å². The maximum absolute atomic E-state index is 2.00. The molecule has 62 valence electrons. The molecule has 2 aromatic carbocycles. The molecule has 2 heteroatoms. The molecule has 0 fully saturated rings. The van der Waals surface area contributed by atoms with Crippen molar-refractivity contribution in [3.63, 3.8) is 0 Å². The van der Waals surface area contributed by atoms with E-state index in [1.807, 2.05) is 60.7 Å². The first-order valence-electron chi connectivity index (χ1n) is 3.33. The fraction of sp³-hybridized carbons (Fsp3) is 0. The van der Waals surface area contributed by atoms with E-state index >= 15 is 0 Å². The first-order chi connectivity index (χ1) is 5.00. The summed E-state index contributed by atoms with van der Waals surface area (Å²) >= 11 is 0. The van der Waals surface area contributed by atoms with Gasteiger partial charge in [-0.15, -0.1) is 0 Å². The topological polar surface area (TPSA) is 0 Å². The molecule has 0 saturated carbocycles. The summed E-state index contributed by atoms with van der Waals surface area (Å²) in [7, 11) is 0. The Hall–Kier alpha value is 0.0182. The van der Waals surface area contributed by atoms with Gasteiger partial charge in [0.15, 0.2) is 0 Å². The molecule has 0 atom stereocenters. The van der Waals surface area contributed by atoms with Gasteiger partial charge in [0.25, 0.3) is 0 Å². The third-order valence-electron chi connectivity index (χ3n) is 1.11. The molecule has 0 N–H and O–H groups in total. The summed E-state index contributed by atoms with van der Waals surface area (Å²) < 4.78 is 0. The third-order valence-corrected chi connectivity index (χ3v) is 1.11. The number of hydrogen-bond acceptors (Lipinski definition) is 0. The van der Waals surface area contributed by atoms with Gasteiger partial charge in [-0.25, -0.2) is 24.3 Å². The average molecular weight is 305 g/mol. The minimum Gasteiger partial charge on any atom is -0.214 e. The third kappa shape index (κ3) is 8.12. The summed E-state index contributed by atoms with van der Waals surface area (Å²) in [6.45, 7) is 0. The van der Waals surface area contributed by atoms with E-state index < -0.39 is 0 Å². The smallest absolute Gasteiger partial charge is 0.214 e. The van der Waals surface area contributed by atoms with Crippen molar-refractivity contribution in [3.05, 3.63) is 60.7 Å². The molecular weight excluding hydrogens is 295 g/mol. The molecule has 0 nitrogen and oxygen atoms in total. The monoisotopic (exact) mass is 306 g/mol. The van der Waals surface area contributed by atoms with Crippen LogP contribution < -0.4 is 0 Å². The van der Waals surface area contributed by atoms with Crippen LogP contribution in [0.1, 0.15) is 0 Å². The maximum atomic E-state index is 2.00. The van der Waals surface area contributed by atoms with Crippen LogP contribution in [0.3, 0.4) is 0 Å². The molecule has 0 aliphatic heterocycles. The van der Waals surface area contributed by atoms with Crippen LogP contribution in [-0.4, -0.2) is 23.9 Å². The van der Waals surface area contributed by atoms with Gasteiger partial charge < -0.3 is 0 Å².